The van der Waals surface area contributed by atoms with Crippen molar-refractivity contribution >= 4 is 11.3 Å². The van der Waals surface area contributed by atoms with Gasteiger partial charge >= 0.3 is 0 Å². The molecule has 0 spiro atoms. The van der Waals surface area contributed by atoms with Crippen LogP contribution in [0.4, 0.5) is 4.39 Å². The van der Waals surface area contributed by atoms with Crippen LogP contribution in [0.25, 0.3) is 0 Å². The van der Waals surface area contributed by atoms with E-state index in [1.54, 1.807) is 30.0 Å². The van der Waals surface area contributed by atoms with Crippen LogP contribution in [0.5, 0.6) is 5.75 Å². The van der Waals surface area contributed by atoms with Gasteiger partial charge in [0, 0.05) is 10.4 Å². The van der Waals surface area contributed by atoms with Gasteiger partial charge in [0.05, 0.1) is 24.4 Å². The third-order valence-electron chi connectivity index (χ3n) is 2.84. The van der Waals surface area contributed by atoms with E-state index in [0.717, 1.165) is 16.1 Å². The first-order valence-corrected chi connectivity index (χ1v) is 6.46. The lowest BCUT2D eigenvalue weighted by Gasteiger charge is -2.18. The zero-order chi connectivity index (χ0) is 13.1. The highest BCUT2D eigenvalue weighted by Gasteiger charge is 2.20. The largest absolute Gasteiger partial charge is 0.496 e. The Morgan fingerprint density at radius 1 is 1.44 bits per heavy atom. The molecular weight excluding hydrogens is 251 g/mol. The second kappa shape index (κ2) is 5.46. The lowest BCUT2D eigenvalue weighted by atomic mass is 10.0. The minimum atomic E-state index is -0.270. The van der Waals surface area contributed by atoms with Crippen molar-refractivity contribution in [2.24, 2.45) is 0 Å². The van der Waals surface area contributed by atoms with Gasteiger partial charge in [-0.15, -0.1) is 11.3 Å². The van der Waals surface area contributed by atoms with Crippen LogP contribution in [0.3, 0.4) is 0 Å². The summed E-state index contributed by atoms with van der Waals surface area (Å²) in [4.78, 5) is 5.30. The van der Waals surface area contributed by atoms with Gasteiger partial charge in [-0.1, -0.05) is 0 Å². The maximum absolute atomic E-state index is 13.4. The Balaban J connectivity index is 2.51. The minimum Gasteiger partial charge on any atom is -0.496 e. The van der Waals surface area contributed by atoms with Crippen LogP contribution in [0, 0.1) is 12.7 Å². The molecule has 0 saturated heterocycles. The molecular formula is C13H15FN2OS. The van der Waals surface area contributed by atoms with Crippen molar-refractivity contribution in [2.75, 3.05) is 14.2 Å². The minimum absolute atomic E-state index is 0.108. The monoisotopic (exact) mass is 266 g/mol. The Morgan fingerprint density at radius 3 is 2.78 bits per heavy atom. The topological polar surface area (TPSA) is 34.1 Å². The van der Waals surface area contributed by atoms with Gasteiger partial charge in [-0.3, -0.25) is 0 Å². The molecule has 2 rings (SSSR count). The van der Waals surface area contributed by atoms with E-state index < -0.39 is 0 Å². The number of hydrogen-bond donors (Lipinski definition) is 1. The summed E-state index contributed by atoms with van der Waals surface area (Å²) in [6, 6.07) is 4.43. The summed E-state index contributed by atoms with van der Waals surface area (Å²) in [6.45, 7) is 1.95. The summed E-state index contributed by atoms with van der Waals surface area (Å²) in [5.74, 6) is 0.400. The van der Waals surface area contributed by atoms with Crippen LogP contribution >= 0.6 is 11.3 Å². The Labute approximate surface area is 110 Å². The lowest BCUT2D eigenvalue weighted by molar-refractivity contribution is 0.404. The van der Waals surface area contributed by atoms with E-state index in [2.05, 4.69) is 10.3 Å². The molecule has 1 atom stereocenters. The van der Waals surface area contributed by atoms with Crippen LogP contribution in [0.15, 0.2) is 23.7 Å². The van der Waals surface area contributed by atoms with E-state index in [1.165, 1.54) is 12.1 Å². The summed E-state index contributed by atoms with van der Waals surface area (Å²) >= 11 is 1.55. The quantitative estimate of drug-likeness (QED) is 0.924. The molecule has 1 N–H and O–H groups in total. The fraction of sp³-hybridized carbons (Fsp3) is 0.308. The third-order valence-corrected chi connectivity index (χ3v) is 3.83. The molecule has 96 valence electrons. The first-order chi connectivity index (χ1) is 8.67. The molecule has 1 heterocycles. The van der Waals surface area contributed by atoms with Crippen LogP contribution in [-0.2, 0) is 0 Å². The number of halogens is 1. The average molecular weight is 266 g/mol. The van der Waals surface area contributed by atoms with Gasteiger partial charge in [-0.05, 0) is 32.2 Å². The maximum atomic E-state index is 13.4. The summed E-state index contributed by atoms with van der Waals surface area (Å²) in [6.07, 6.45) is 0. The second-order valence-corrected chi connectivity index (χ2v) is 4.80. The number of benzene rings is 1. The van der Waals surface area contributed by atoms with Crippen LogP contribution in [0.2, 0.25) is 0 Å². The normalized spacial score (nSPS) is 12.4. The van der Waals surface area contributed by atoms with E-state index in [0.29, 0.717) is 5.75 Å². The van der Waals surface area contributed by atoms with Gasteiger partial charge in [0.15, 0.2) is 0 Å². The number of nitrogens with one attached hydrogen (secondary N) is 1. The molecule has 0 aliphatic rings. The molecule has 1 aromatic heterocycles. The number of thiazole rings is 1. The van der Waals surface area contributed by atoms with E-state index in [-0.39, 0.29) is 11.9 Å². The number of hydrogen-bond acceptors (Lipinski definition) is 4. The highest BCUT2D eigenvalue weighted by atomic mass is 32.1. The molecule has 0 saturated carbocycles. The van der Waals surface area contributed by atoms with Crippen molar-refractivity contribution in [3.63, 3.8) is 0 Å². The molecule has 18 heavy (non-hydrogen) atoms. The Kier molecular flexibility index (Phi) is 3.93. The Morgan fingerprint density at radius 2 is 2.22 bits per heavy atom. The van der Waals surface area contributed by atoms with Crippen LogP contribution < -0.4 is 10.1 Å². The number of rotatable bonds is 4. The predicted octanol–water partition coefficient (Wildman–Crippen LogP) is 2.91. The molecule has 5 heteroatoms. The number of methoxy groups -OCH3 is 1. The SMILES string of the molecule is CNC(c1cc(F)ccc1OC)c1scnc1C. The highest BCUT2D eigenvalue weighted by molar-refractivity contribution is 7.09. The molecule has 0 amide bonds. The molecule has 0 bridgehead atoms. The maximum Gasteiger partial charge on any atom is 0.124 e. The van der Waals surface area contributed by atoms with Crippen molar-refractivity contribution in [1.82, 2.24) is 10.3 Å². The zero-order valence-corrected chi connectivity index (χ0v) is 11.3. The van der Waals surface area contributed by atoms with Crippen molar-refractivity contribution in [2.45, 2.75) is 13.0 Å². The van der Waals surface area contributed by atoms with Gasteiger partial charge in [-0.25, -0.2) is 9.37 Å². The molecule has 3 nitrogen and oxygen atoms in total. The summed E-state index contributed by atoms with van der Waals surface area (Å²) < 4.78 is 18.7. The van der Waals surface area contributed by atoms with Crippen molar-refractivity contribution in [1.29, 1.82) is 0 Å². The average Bonchev–Trinajstić information content (AvgIpc) is 2.77. The molecule has 0 aliphatic carbocycles. The molecule has 0 radical (unpaired) electrons. The molecule has 1 aromatic carbocycles. The molecule has 1 unspecified atom stereocenters. The van der Waals surface area contributed by atoms with E-state index in [9.17, 15) is 4.39 Å². The molecule has 2 aromatic rings. The fourth-order valence-electron chi connectivity index (χ4n) is 1.95. The van der Waals surface area contributed by atoms with Crippen molar-refractivity contribution in [3.8, 4) is 5.75 Å². The number of nitrogens with zero attached hydrogens (tertiary/aromatic N) is 1. The smallest absolute Gasteiger partial charge is 0.124 e. The van der Waals surface area contributed by atoms with Gasteiger partial charge < -0.3 is 10.1 Å². The van der Waals surface area contributed by atoms with Crippen molar-refractivity contribution in [3.05, 3.63) is 45.7 Å². The highest BCUT2D eigenvalue weighted by Crippen LogP contribution is 2.33. The first kappa shape index (κ1) is 13.0. The van der Waals surface area contributed by atoms with Crippen LogP contribution in [-0.4, -0.2) is 19.1 Å². The van der Waals surface area contributed by atoms with E-state index in [1.807, 2.05) is 14.0 Å². The number of ether oxygens (including phenoxy) is 1. The summed E-state index contributed by atoms with van der Waals surface area (Å²) in [5, 5.41) is 3.19. The molecule has 0 fully saturated rings. The number of aryl methyl sites for hydroxylation is 1. The van der Waals surface area contributed by atoms with Gasteiger partial charge in [0.1, 0.15) is 11.6 Å². The Hall–Kier alpha value is -1.46. The predicted molar refractivity (Wildman–Crippen MR) is 70.7 cm³/mol. The zero-order valence-electron chi connectivity index (χ0n) is 10.5. The van der Waals surface area contributed by atoms with E-state index in [4.69, 9.17) is 4.74 Å². The van der Waals surface area contributed by atoms with Crippen molar-refractivity contribution < 1.29 is 9.13 Å². The summed E-state index contributed by atoms with van der Waals surface area (Å²) in [7, 11) is 3.43. The Bertz CT molecular complexity index is 542. The fourth-order valence-corrected chi connectivity index (χ4v) is 2.88. The lowest BCUT2D eigenvalue weighted by Crippen LogP contribution is -2.18. The first-order valence-electron chi connectivity index (χ1n) is 5.58. The number of aromatic nitrogens is 1. The van der Waals surface area contributed by atoms with E-state index >= 15 is 0 Å². The second-order valence-electron chi connectivity index (χ2n) is 3.91. The van der Waals surface area contributed by atoms with Gasteiger partial charge in [0.25, 0.3) is 0 Å². The molecule has 0 aliphatic heterocycles. The third kappa shape index (κ3) is 2.37. The van der Waals surface area contributed by atoms with Gasteiger partial charge in [0.2, 0.25) is 0 Å². The summed E-state index contributed by atoms with van der Waals surface area (Å²) in [5.41, 5.74) is 3.53. The van der Waals surface area contributed by atoms with Crippen LogP contribution in [0.1, 0.15) is 22.2 Å². The standard InChI is InChI=1S/C13H15FN2OS/c1-8-13(18-7-16-8)12(15-2)10-6-9(14)4-5-11(10)17-3/h4-7,12,15H,1-3H3. The van der Waals surface area contributed by atoms with Gasteiger partial charge in [-0.2, -0.15) is 0 Å².